The molecule has 0 fully saturated rings. The SMILES string of the molecule is CC(C)N(C)C(=O)CSc1cccc(CNC(C)(C)C)c1. The van der Waals surface area contributed by atoms with Gasteiger partial charge in [-0.05, 0) is 52.3 Å². The standard InChI is InChI=1S/C17H28N2OS/c1-13(2)19(6)16(20)12-21-15-9-7-8-14(10-15)11-18-17(3,4)5/h7-10,13,18H,11-12H2,1-6H3. The van der Waals surface area contributed by atoms with Crippen molar-refractivity contribution >= 4 is 17.7 Å². The maximum Gasteiger partial charge on any atom is 0.232 e. The van der Waals surface area contributed by atoms with E-state index in [9.17, 15) is 4.79 Å². The lowest BCUT2D eigenvalue weighted by Gasteiger charge is -2.21. The first-order valence-corrected chi connectivity index (χ1v) is 8.40. The van der Waals surface area contributed by atoms with E-state index in [2.05, 4.69) is 50.4 Å². The zero-order valence-corrected chi connectivity index (χ0v) is 14.9. The van der Waals surface area contributed by atoms with Crippen molar-refractivity contribution in [3.63, 3.8) is 0 Å². The largest absolute Gasteiger partial charge is 0.343 e. The molecule has 0 saturated heterocycles. The lowest BCUT2D eigenvalue weighted by Crippen LogP contribution is -2.35. The van der Waals surface area contributed by atoms with E-state index in [4.69, 9.17) is 0 Å². The molecule has 0 aliphatic heterocycles. The van der Waals surface area contributed by atoms with Gasteiger partial charge in [-0.2, -0.15) is 0 Å². The number of nitrogens with one attached hydrogen (secondary N) is 1. The van der Waals surface area contributed by atoms with Gasteiger partial charge in [-0.15, -0.1) is 11.8 Å². The van der Waals surface area contributed by atoms with Crippen molar-refractivity contribution in [2.45, 2.75) is 57.6 Å². The summed E-state index contributed by atoms with van der Waals surface area (Å²) in [6.07, 6.45) is 0. The first kappa shape index (κ1) is 18.1. The number of nitrogens with zero attached hydrogens (tertiary/aromatic N) is 1. The molecule has 0 radical (unpaired) electrons. The number of carbonyl (C=O) groups is 1. The smallest absolute Gasteiger partial charge is 0.232 e. The summed E-state index contributed by atoms with van der Waals surface area (Å²) in [7, 11) is 1.86. The fraction of sp³-hybridized carbons (Fsp3) is 0.588. The van der Waals surface area contributed by atoms with Crippen LogP contribution in [0.5, 0.6) is 0 Å². The number of carbonyl (C=O) groups excluding carboxylic acids is 1. The number of benzene rings is 1. The molecule has 0 heterocycles. The Kier molecular flexibility index (Phi) is 6.75. The second-order valence-corrected chi connectivity index (χ2v) is 7.69. The number of rotatable bonds is 6. The van der Waals surface area contributed by atoms with Gasteiger partial charge in [0.1, 0.15) is 0 Å². The Bertz CT molecular complexity index is 466. The Morgan fingerprint density at radius 2 is 2.00 bits per heavy atom. The Balaban J connectivity index is 2.55. The minimum Gasteiger partial charge on any atom is -0.343 e. The molecule has 118 valence electrons. The number of thioether (sulfide) groups is 1. The van der Waals surface area contributed by atoms with Gasteiger partial charge >= 0.3 is 0 Å². The first-order valence-electron chi connectivity index (χ1n) is 7.41. The fourth-order valence-corrected chi connectivity index (χ4v) is 2.55. The van der Waals surface area contributed by atoms with Crippen LogP contribution in [0.2, 0.25) is 0 Å². The van der Waals surface area contributed by atoms with Crippen LogP contribution in [0, 0.1) is 0 Å². The molecular weight excluding hydrogens is 280 g/mol. The molecule has 0 aliphatic carbocycles. The topological polar surface area (TPSA) is 32.3 Å². The van der Waals surface area contributed by atoms with E-state index in [0.717, 1.165) is 11.4 Å². The summed E-state index contributed by atoms with van der Waals surface area (Å²) in [4.78, 5) is 14.9. The van der Waals surface area contributed by atoms with Crippen molar-refractivity contribution < 1.29 is 4.79 Å². The van der Waals surface area contributed by atoms with Crippen molar-refractivity contribution in [1.29, 1.82) is 0 Å². The third-order valence-corrected chi connectivity index (χ3v) is 4.23. The fourth-order valence-electron chi connectivity index (χ4n) is 1.65. The van der Waals surface area contributed by atoms with E-state index < -0.39 is 0 Å². The van der Waals surface area contributed by atoms with E-state index in [-0.39, 0.29) is 17.5 Å². The van der Waals surface area contributed by atoms with Crippen molar-refractivity contribution in [3.05, 3.63) is 29.8 Å². The van der Waals surface area contributed by atoms with Crippen LogP contribution in [0.3, 0.4) is 0 Å². The summed E-state index contributed by atoms with van der Waals surface area (Å²) in [5.41, 5.74) is 1.36. The Morgan fingerprint density at radius 3 is 2.57 bits per heavy atom. The monoisotopic (exact) mass is 308 g/mol. The van der Waals surface area contributed by atoms with Crippen LogP contribution in [-0.4, -0.2) is 35.2 Å². The predicted octanol–water partition coefficient (Wildman–Crippen LogP) is 3.53. The van der Waals surface area contributed by atoms with Gasteiger partial charge < -0.3 is 10.2 Å². The Hall–Kier alpha value is -1.00. The highest BCUT2D eigenvalue weighted by molar-refractivity contribution is 8.00. The molecule has 0 atom stereocenters. The van der Waals surface area contributed by atoms with Gasteiger partial charge in [-0.1, -0.05) is 12.1 Å². The molecule has 1 amide bonds. The number of amides is 1. The van der Waals surface area contributed by atoms with Gasteiger partial charge in [0.2, 0.25) is 5.91 Å². The van der Waals surface area contributed by atoms with Gasteiger partial charge in [0.15, 0.2) is 0 Å². The summed E-state index contributed by atoms with van der Waals surface area (Å²) in [6, 6.07) is 8.64. The summed E-state index contributed by atoms with van der Waals surface area (Å²) >= 11 is 1.60. The molecular formula is C17H28N2OS. The number of hydrogen-bond acceptors (Lipinski definition) is 3. The Morgan fingerprint density at radius 1 is 1.33 bits per heavy atom. The molecule has 0 spiro atoms. The lowest BCUT2D eigenvalue weighted by atomic mass is 10.1. The Labute approximate surface area is 133 Å². The number of hydrogen-bond donors (Lipinski definition) is 1. The van der Waals surface area contributed by atoms with E-state index in [0.29, 0.717) is 5.75 Å². The summed E-state index contributed by atoms with van der Waals surface area (Å²) in [5.74, 6) is 0.665. The molecule has 0 unspecified atom stereocenters. The zero-order valence-electron chi connectivity index (χ0n) is 14.1. The highest BCUT2D eigenvalue weighted by Gasteiger charge is 2.12. The zero-order chi connectivity index (χ0) is 16.0. The molecule has 0 saturated carbocycles. The van der Waals surface area contributed by atoms with Gasteiger partial charge in [-0.3, -0.25) is 4.79 Å². The summed E-state index contributed by atoms with van der Waals surface area (Å²) < 4.78 is 0. The maximum absolute atomic E-state index is 12.0. The van der Waals surface area contributed by atoms with E-state index >= 15 is 0 Å². The first-order chi connectivity index (χ1) is 9.69. The van der Waals surface area contributed by atoms with Crippen LogP contribution in [0.1, 0.15) is 40.2 Å². The molecule has 0 aliphatic rings. The van der Waals surface area contributed by atoms with Gasteiger partial charge in [0, 0.05) is 30.1 Å². The second-order valence-electron chi connectivity index (χ2n) is 6.64. The van der Waals surface area contributed by atoms with E-state index in [1.165, 1.54) is 5.56 Å². The van der Waals surface area contributed by atoms with Crippen LogP contribution in [0.25, 0.3) is 0 Å². The summed E-state index contributed by atoms with van der Waals surface area (Å²) in [6.45, 7) is 11.4. The van der Waals surface area contributed by atoms with Gasteiger partial charge in [-0.25, -0.2) is 0 Å². The second kappa shape index (κ2) is 7.85. The molecule has 21 heavy (non-hydrogen) atoms. The molecule has 1 aromatic carbocycles. The van der Waals surface area contributed by atoms with E-state index in [1.807, 2.05) is 20.9 Å². The highest BCUT2D eigenvalue weighted by Crippen LogP contribution is 2.20. The van der Waals surface area contributed by atoms with E-state index in [1.54, 1.807) is 16.7 Å². The molecule has 0 bridgehead atoms. The third kappa shape index (κ3) is 7.00. The van der Waals surface area contributed by atoms with Crippen molar-refractivity contribution in [2.75, 3.05) is 12.8 Å². The molecule has 4 heteroatoms. The third-order valence-electron chi connectivity index (χ3n) is 3.25. The molecule has 1 N–H and O–H groups in total. The highest BCUT2D eigenvalue weighted by atomic mass is 32.2. The quantitative estimate of drug-likeness (QED) is 0.816. The van der Waals surface area contributed by atoms with Crippen LogP contribution < -0.4 is 5.32 Å². The van der Waals surface area contributed by atoms with Crippen molar-refractivity contribution in [2.24, 2.45) is 0 Å². The van der Waals surface area contributed by atoms with Crippen LogP contribution in [0.4, 0.5) is 0 Å². The van der Waals surface area contributed by atoms with Crippen LogP contribution in [-0.2, 0) is 11.3 Å². The van der Waals surface area contributed by atoms with Gasteiger partial charge in [0.25, 0.3) is 0 Å². The average Bonchev–Trinajstić information content (AvgIpc) is 2.41. The molecule has 1 rings (SSSR count). The van der Waals surface area contributed by atoms with Crippen LogP contribution in [0.15, 0.2) is 29.2 Å². The van der Waals surface area contributed by atoms with Crippen LogP contribution >= 0.6 is 11.8 Å². The lowest BCUT2D eigenvalue weighted by molar-refractivity contribution is -0.128. The summed E-state index contributed by atoms with van der Waals surface area (Å²) in [5, 5.41) is 3.48. The average molecular weight is 308 g/mol. The normalized spacial score (nSPS) is 11.8. The van der Waals surface area contributed by atoms with Gasteiger partial charge in [0.05, 0.1) is 5.75 Å². The molecule has 3 nitrogen and oxygen atoms in total. The minimum absolute atomic E-state index is 0.110. The molecule has 1 aromatic rings. The van der Waals surface area contributed by atoms with Crippen molar-refractivity contribution in [1.82, 2.24) is 10.2 Å². The minimum atomic E-state index is 0.110. The van der Waals surface area contributed by atoms with Crippen molar-refractivity contribution in [3.8, 4) is 0 Å². The maximum atomic E-state index is 12.0. The predicted molar refractivity (Wildman–Crippen MR) is 91.7 cm³/mol. The molecule has 0 aromatic heterocycles.